The van der Waals surface area contributed by atoms with Gasteiger partial charge in [-0.15, -0.1) is 0 Å². The van der Waals surface area contributed by atoms with Gasteiger partial charge in [0.15, 0.2) is 11.5 Å². The molecule has 94 heavy (non-hydrogen) atoms. The molecule has 5 heterocycles. The van der Waals surface area contributed by atoms with Crippen LogP contribution in [0.2, 0.25) is 0 Å². The fourth-order valence-electron chi connectivity index (χ4n) is 10.2. The van der Waals surface area contributed by atoms with Gasteiger partial charge in [0, 0.05) is 59.7 Å². The second-order valence-corrected chi connectivity index (χ2v) is 25.6. The van der Waals surface area contributed by atoms with E-state index in [1.807, 2.05) is 117 Å². The molecule has 0 radical (unpaired) electrons. The number of para-hydroxylation sites is 6. The fourth-order valence-corrected chi connectivity index (χ4v) is 13.4. The van der Waals surface area contributed by atoms with Crippen LogP contribution in [-0.4, -0.2) is 105 Å². The molecule has 0 saturated carbocycles. The number of rotatable bonds is 18. The third kappa shape index (κ3) is 13.2. The number of anilines is 3. The SMILES string of the molecule is COc1cc(S(=O)(=O)Nc2cccc(-n3cnc4ccccc43)c2)cc(OC)c1OC.O=C(O)c1ccc(S(=O)(=O)Nc2cccc(-n3cnc4ccccc43)c2)cc1-n1ccnc1.O=S(=O)(Nc1cccc(-n2cnc3ccccc32)c1)c1cccc(-n2ccnc2)c1. The smallest absolute Gasteiger partial charge is 0.337 e. The summed E-state index contributed by atoms with van der Waals surface area (Å²) in [5.74, 6) is -0.351. The van der Waals surface area contributed by atoms with E-state index < -0.39 is 36.0 Å². The van der Waals surface area contributed by atoms with E-state index in [0.29, 0.717) is 28.5 Å². The molecule has 472 valence electrons. The highest BCUT2D eigenvalue weighted by atomic mass is 32.2. The maximum atomic E-state index is 13.1. The van der Waals surface area contributed by atoms with E-state index >= 15 is 0 Å². The Labute approximate surface area is 538 Å². The molecule has 4 N–H and O–H groups in total. The molecule has 0 aliphatic heterocycles. The molecule has 24 nitrogen and oxygen atoms in total. The van der Waals surface area contributed by atoms with Crippen molar-refractivity contribution in [1.29, 1.82) is 0 Å². The van der Waals surface area contributed by atoms with Crippen molar-refractivity contribution in [3.8, 4) is 45.7 Å². The molecule has 0 atom stereocenters. The molecule has 14 aromatic rings. The number of aromatic nitrogens is 10. The molecule has 0 saturated heterocycles. The lowest BCUT2D eigenvalue weighted by atomic mass is 10.2. The van der Waals surface area contributed by atoms with E-state index in [9.17, 15) is 35.2 Å². The van der Waals surface area contributed by atoms with Gasteiger partial charge in [0.25, 0.3) is 30.1 Å². The van der Waals surface area contributed by atoms with E-state index in [0.717, 1.165) is 50.2 Å². The van der Waals surface area contributed by atoms with E-state index in [2.05, 4.69) is 39.1 Å². The van der Waals surface area contributed by atoms with Crippen LogP contribution in [0.5, 0.6) is 17.2 Å². The van der Waals surface area contributed by atoms with Gasteiger partial charge in [-0.1, -0.05) is 60.7 Å². The lowest BCUT2D eigenvalue weighted by Gasteiger charge is -2.15. The van der Waals surface area contributed by atoms with Gasteiger partial charge in [0.2, 0.25) is 5.75 Å². The van der Waals surface area contributed by atoms with Gasteiger partial charge >= 0.3 is 5.97 Å². The van der Waals surface area contributed by atoms with Crippen LogP contribution in [0.1, 0.15) is 10.4 Å². The van der Waals surface area contributed by atoms with Crippen LogP contribution in [0.3, 0.4) is 0 Å². The highest BCUT2D eigenvalue weighted by Gasteiger charge is 2.24. The number of carbonyl (C=O) groups is 1. The maximum Gasteiger partial charge on any atom is 0.337 e. The van der Waals surface area contributed by atoms with E-state index in [4.69, 9.17) is 14.2 Å². The van der Waals surface area contributed by atoms with Crippen molar-refractivity contribution >= 4 is 86.2 Å². The number of aromatic carboxylic acids is 1. The molecule has 0 aliphatic rings. The summed E-state index contributed by atoms with van der Waals surface area (Å²) in [5, 5.41) is 9.48. The van der Waals surface area contributed by atoms with Crippen molar-refractivity contribution in [2.75, 3.05) is 35.5 Å². The number of carboxylic acid groups (broad SMARTS) is 1. The first kappa shape index (κ1) is 62.1. The fraction of sp³-hybridized carbons (Fsp3) is 0.0448. The first-order valence-corrected chi connectivity index (χ1v) is 32.8. The minimum atomic E-state index is -4.00. The van der Waals surface area contributed by atoms with Crippen molar-refractivity contribution in [1.82, 2.24) is 47.8 Å². The number of nitrogens with one attached hydrogen (secondary N) is 3. The standard InChI is InChI=1S/C23H17N5O4S.C22H17N5O2S.C22H21N3O5S/c29-23(30)19-9-8-18(13-22(19)27-11-10-24-14-27)33(31,32)26-16-4-3-5-17(12-16)28-15-25-20-6-1-2-7-21(20)28;28-30(29,20-8-4-6-18(14-20)26-12-11-23-15-26)25-17-5-3-7-19(13-17)27-16-24-21-9-1-2-10-22(21)27;1-28-20-12-17(13-21(29-2)22(20)30-3)31(26,27)24-15-7-6-8-16(11-15)25-14-23-18-9-4-5-10-19(18)25/h1-15,26H,(H,29,30);1-16,25H;4-14,24H,1-3H3. The van der Waals surface area contributed by atoms with Crippen molar-refractivity contribution in [2.45, 2.75) is 14.7 Å². The number of benzene rings is 9. The summed E-state index contributed by atoms with van der Waals surface area (Å²) < 4.78 is 111. The Kier molecular flexibility index (Phi) is 17.5. The largest absolute Gasteiger partial charge is 0.493 e. The van der Waals surface area contributed by atoms with Crippen LogP contribution in [-0.2, 0) is 30.1 Å². The average molecular weight is 1310 g/mol. The maximum absolute atomic E-state index is 13.1. The molecule has 5 aromatic heterocycles. The first-order valence-electron chi connectivity index (χ1n) is 28.4. The van der Waals surface area contributed by atoms with Gasteiger partial charge in [-0.3, -0.25) is 27.9 Å². The Hall–Kier alpha value is -12.1. The van der Waals surface area contributed by atoms with Crippen LogP contribution in [0.25, 0.3) is 61.5 Å². The number of sulfonamides is 3. The van der Waals surface area contributed by atoms with Gasteiger partial charge in [-0.2, -0.15) is 0 Å². The van der Waals surface area contributed by atoms with E-state index in [-0.39, 0.29) is 37.4 Å². The molecule has 0 aliphatic carbocycles. The quantitative estimate of drug-likeness (QED) is 0.0621. The number of methoxy groups -OCH3 is 3. The monoisotopic (exact) mass is 1310 g/mol. The van der Waals surface area contributed by atoms with Crippen LogP contribution >= 0.6 is 0 Å². The summed E-state index contributed by atoms with van der Waals surface area (Å²) in [6, 6.07) is 57.7. The Morgan fingerprint density at radius 2 is 0.809 bits per heavy atom. The summed E-state index contributed by atoms with van der Waals surface area (Å²) in [6.45, 7) is 0. The Bertz CT molecular complexity index is 5420. The molecular formula is C67H55N13O11S3. The molecule has 27 heteroatoms. The second kappa shape index (κ2) is 26.4. The van der Waals surface area contributed by atoms with Gasteiger partial charge in [-0.05, 0) is 127 Å². The van der Waals surface area contributed by atoms with Crippen molar-refractivity contribution in [3.05, 3.63) is 262 Å². The van der Waals surface area contributed by atoms with Gasteiger partial charge in [0.1, 0.15) is 19.0 Å². The number of ether oxygens (including phenoxy) is 3. The predicted molar refractivity (Wildman–Crippen MR) is 356 cm³/mol. The molecular weight excluding hydrogens is 1260 g/mol. The Morgan fingerprint density at radius 3 is 1.22 bits per heavy atom. The lowest BCUT2D eigenvalue weighted by molar-refractivity contribution is 0.0696. The molecule has 0 fully saturated rings. The van der Waals surface area contributed by atoms with Crippen molar-refractivity contribution in [2.24, 2.45) is 0 Å². The summed E-state index contributed by atoms with van der Waals surface area (Å²) in [5.41, 5.74) is 9.76. The Morgan fingerprint density at radius 1 is 0.404 bits per heavy atom. The zero-order valence-corrected chi connectivity index (χ0v) is 52.4. The highest BCUT2D eigenvalue weighted by Crippen LogP contribution is 2.40. The number of nitrogens with zero attached hydrogens (tertiary/aromatic N) is 10. The molecule has 9 aromatic carbocycles. The number of hydrogen-bond donors (Lipinski definition) is 4. The zero-order valence-electron chi connectivity index (χ0n) is 50.0. The van der Waals surface area contributed by atoms with Gasteiger partial charge < -0.3 is 28.5 Å². The summed E-state index contributed by atoms with van der Waals surface area (Å²) in [4.78, 5) is 32.8. The summed E-state index contributed by atoms with van der Waals surface area (Å²) in [7, 11) is -7.37. The molecule has 0 spiro atoms. The molecule has 0 unspecified atom stereocenters. The van der Waals surface area contributed by atoms with Gasteiger partial charge in [-0.25, -0.2) is 55.0 Å². The summed E-state index contributed by atoms with van der Waals surface area (Å²) in [6.07, 6.45) is 14.6. The topological polar surface area (TPSA) is 293 Å². The minimum absolute atomic E-state index is 0.0134. The number of carboxylic acids is 1. The molecule has 14 rings (SSSR count). The average Bonchev–Trinajstić information content (AvgIpc) is 1.44. The van der Waals surface area contributed by atoms with E-state index in [1.165, 1.54) is 68.8 Å². The predicted octanol–water partition coefficient (Wildman–Crippen LogP) is 11.6. The first-order chi connectivity index (χ1) is 45.5. The molecule has 0 amide bonds. The van der Waals surface area contributed by atoms with Gasteiger partial charge in [0.05, 0.1) is 110 Å². The van der Waals surface area contributed by atoms with Crippen molar-refractivity contribution < 1.29 is 49.4 Å². The number of hydrogen-bond acceptors (Lipinski definition) is 15. The third-order valence-electron chi connectivity index (χ3n) is 14.7. The zero-order chi connectivity index (χ0) is 65.6. The van der Waals surface area contributed by atoms with Crippen LogP contribution in [0, 0.1) is 0 Å². The Balaban J connectivity index is 0.000000135. The minimum Gasteiger partial charge on any atom is -0.493 e. The third-order valence-corrected chi connectivity index (χ3v) is 18.8. The normalized spacial score (nSPS) is 11.5. The van der Waals surface area contributed by atoms with E-state index in [1.54, 1.807) is 115 Å². The highest BCUT2D eigenvalue weighted by molar-refractivity contribution is 7.93. The lowest BCUT2D eigenvalue weighted by Crippen LogP contribution is -2.15. The van der Waals surface area contributed by atoms with Crippen molar-refractivity contribution in [3.63, 3.8) is 0 Å². The summed E-state index contributed by atoms with van der Waals surface area (Å²) >= 11 is 0. The van der Waals surface area contributed by atoms with Crippen LogP contribution in [0.4, 0.5) is 17.1 Å². The number of imidazole rings is 5. The molecule has 0 bridgehead atoms. The van der Waals surface area contributed by atoms with Crippen LogP contribution < -0.4 is 28.4 Å². The number of fused-ring (bicyclic) bond motifs is 3. The second-order valence-electron chi connectivity index (χ2n) is 20.6. The van der Waals surface area contributed by atoms with Crippen LogP contribution in [0.15, 0.2) is 271 Å².